The molecule has 4 N–H and O–H groups in total. The summed E-state index contributed by atoms with van der Waals surface area (Å²) in [6, 6.07) is 13.5. The second kappa shape index (κ2) is 9.04. The maximum Gasteiger partial charge on any atom is 0.232 e. The minimum Gasteiger partial charge on any atom is -0.397 e. The first-order chi connectivity index (χ1) is 16.7. The number of nitrogen functional groups attached to an aromatic ring is 1. The molecular weight excluding hydrogens is 527 g/mol. The smallest absolute Gasteiger partial charge is 0.232 e. The highest BCUT2D eigenvalue weighted by atomic mass is 35.5. The van der Waals surface area contributed by atoms with Crippen LogP contribution < -0.4 is 16.4 Å². The summed E-state index contributed by atoms with van der Waals surface area (Å²) in [6.45, 7) is 0. The molecule has 0 radical (unpaired) electrons. The molecule has 3 aromatic carbocycles. The fraction of sp³-hybridized carbons (Fsp3) is 0. The van der Waals surface area contributed by atoms with Crippen LogP contribution in [0.4, 0.5) is 28.7 Å². The van der Waals surface area contributed by atoms with Gasteiger partial charge in [-0.2, -0.15) is 15.0 Å². The van der Waals surface area contributed by atoms with Crippen molar-refractivity contribution in [2.75, 3.05) is 16.4 Å². The first-order valence-corrected chi connectivity index (χ1v) is 11.7. The van der Waals surface area contributed by atoms with E-state index in [1.165, 1.54) is 0 Å². The molecule has 35 heavy (non-hydrogen) atoms. The molecule has 0 atom stereocenters. The van der Waals surface area contributed by atoms with Gasteiger partial charge in [0.05, 0.1) is 28.2 Å². The van der Waals surface area contributed by atoms with Crippen LogP contribution in [0.5, 0.6) is 0 Å². The number of aromatic nitrogens is 3. The normalized spacial score (nSPS) is 12.2. The van der Waals surface area contributed by atoms with Crippen LogP contribution in [0.2, 0.25) is 10.6 Å². The quantitative estimate of drug-likeness (QED) is 0.147. The van der Waals surface area contributed by atoms with Gasteiger partial charge in [0.15, 0.2) is 11.6 Å². The van der Waals surface area contributed by atoms with E-state index in [1.54, 1.807) is 48.5 Å². The van der Waals surface area contributed by atoms with Gasteiger partial charge in [0.1, 0.15) is 0 Å². The molecule has 0 unspecified atom stereocenters. The molecular formula is C23H14Cl2N6O2S2. The summed E-state index contributed by atoms with van der Waals surface area (Å²) in [5.41, 5.74) is 8.77. The maximum absolute atomic E-state index is 13.4. The highest BCUT2D eigenvalue weighted by Gasteiger charge is 2.34. The van der Waals surface area contributed by atoms with E-state index in [1.807, 2.05) is 0 Å². The summed E-state index contributed by atoms with van der Waals surface area (Å²) in [7, 11) is 0. The summed E-state index contributed by atoms with van der Waals surface area (Å²) < 4.78 is 0. The average Bonchev–Trinajstić information content (AvgIpc) is 2.81. The molecule has 1 aromatic heterocycles. The maximum atomic E-state index is 13.4. The Kier molecular flexibility index (Phi) is 6.06. The van der Waals surface area contributed by atoms with Crippen molar-refractivity contribution >= 4 is 88.7 Å². The zero-order chi connectivity index (χ0) is 24.9. The Hall–Kier alpha value is -3.31. The van der Waals surface area contributed by atoms with Gasteiger partial charge in [-0.05, 0) is 47.5 Å². The number of hydrogen-bond donors (Lipinski definition) is 5. The average molecular weight is 541 g/mol. The van der Waals surface area contributed by atoms with Gasteiger partial charge in [-0.25, -0.2) is 0 Å². The Morgan fingerprint density at radius 1 is 0.743 bits per heavy atom. The Morgan fingerprint density at radius 3 is 2.03 bits per heavy atom. The highest BCUT2D eigenvalue weighted by molar-refractivity contribution is 7.80. The van der Waals surface area contributed by atoms with Crippen molar-refractivity contribution in [3.05, 3.63) is 81.4 Å². The number of halogens is 2. The van der Waals surface area contributed by atoms with Crippen LogP contribution in [-0.2, 0) is 0 Å². The predicted molar refractivity (Wildman–Crippen MR) is 142 cm³/mol. The SMILES string of the molecule is Nc1c(S)cc(Nc2ccc(S)c(Nc3nc(Cl)nc(Cl)n3)c2)c2c1C(=O)c1ccccc1C2=O. The summed E-state index contributed by atoms with van der Waals surface area (Å²) >= 11 is 20.6. The molecule has 0 saturated heterocycles. The summed E-state index contributed by atoms with van der Waals surface area (Å²) in [5, 5.41) is 6.05. The van der Waals surface area contributed by atoms with Gasteiger partial charge >= 0.3 is 0 Å². The molecule has 0 bridgehead atoms. The van der Waals surface area contributed by atoms with Gasteiger partial charge in [0, 0.05) is 26.6 Å². The van der Waals surface area contributed by atoms with E-state index >= 15 is 0 Å². The van der Waals surface area contributed by atoms with Crippen LogP contribution in [0, 0.1) is 0 Å². The fourth-order valence-electron chi connectivity index (χ4n) is 3.77. The van der Waals surface area contributed by atoms with Crippen LogP contribution in [0.3, 0.4) is 0 Å². The minimum absolute atomic E-state index is 0.0687. The summed E-state index contributed by atoms with van der Waals surface area (Å²) in [6.07, 6.45) is 0. The van der Waals surface area contributed by atoms with E-state index in [4.69, 9.17) is 28.9 Å². The molecule has 0 aliphatic heterocycles. The standard InChI is InChI=1S/C23H14Cl2N6O2S2/c24-21-29-22(25)31-23(30-21)28-12-7-9(5-6-14(12)34)27-13-8-15(35)18(26)17-16(13)19(32)10-3-1-2-4-11(10)20(17)33/h1-8,27,34-35H,26H2,(H,28,29,30,31). The van der Waals surface area contributed by atoms with Crippen molar-refractivity contribution in [2.45, 2.75) is 9.79 Å². The lowest BCUT2D eigenvalue weighted by molar-refractivity contribution is 0.0980. The second-order valence-corrected chi connectivity index (χ2v) is 9.13. The number of thiol groups is 2. The third kappa shape index (κ3) is 4.30. The molecule has 1 aliphatic rings. The number of benzene rings is 3. The molecule has 8 nitrogen and oxygen atoms in total. The number of nitrogens with two attached hydrogens (primary N) is 1. The van der Waals surface area contributed by atoms with E-state index in [9.17, 15) is 9.59 Å². The number of carbonyl (C=O) groups is 2. The lowest BCUT2D eigenvalue weighted by Gasteiger charge is -2.23. The van der Waals surface area contributed by atoms with Crippen molar-refractivity contribution in [3.63, 3.8) is 0 Å². The molecule has 0 amide bonds. The molecule has 0 spiro atoms. The van der Waals surface area contributed by atoms with E-state index in [-0.39, 0.29) is 44.9 Å². The van der Waals surface area contributed by atoms with Gasteiger partial charge in [-0.1, -0.05) is 24.3 Å². The number of anilines is 5. The number of ketones is 2. The van der Waals surface area contributed by atoms with Crippen LogP contribution in [0.1, 0.15) is 31.8 Å². The lowest BCUT2D eigenvalue weighted by atomic mass is 9.82. The van der Waals surface area contributed by atoms with Crippen LogP contribution in [-0.4, -0.2) is 26.5 Å². The molecule has 5 rings (SSSR count). The molecule has 4 aromatic rings. The Bertz CT molecular complexity index is 1540. The van der Waals surface area contributed by atoms with Crippen molar-refractivity contribution in [1.82, 2.24) is 15.0 Å². The summed E-state index contributed by atoms with van der Waals surface area (Å²) in [4.78, 5) is 39.3. The highest BCUT2D eigenvalue weighted by Crippen LogP contribution is 2.40. The molecule has 12 heteroatoms. The number of fused-ring (bicyclic) bond motifs is 2. The summed E-state index contributed by atoms with van der Waals surface area (Å²) in [5.74, 6) is -0.512. The topological polar surface area (TPSA) is 123 Å². The van der Waals surface area contributed by atoms with E-state index in [0.29, 0.717) is 38.0 Å². The molecule has 1 heterocycles. The molecule has 0 fully saturated rings. The van der Waals surface area contributed by atoms with Gasteiger partial charge in [0.25, 0.3) is 0 Å². The third-order valence-electron chi connectivity index (χ3n) is 5.32. The van der Waals surface area contributed by atoms with E-state index < -0.39 is 0 Å². The number of hydrogen-bond acceptors (Lipinski definition) is 10. The van der Waals surface area contributed by atoms with Crippen LogP contribution >= 0.6 is 48.5 Å². The lowest BCUT2D eigenvalue weighted by Crippen LogP contribution is -2.24. The monoisotopic (exact) mass is 540 g/mol. The van der Waals surface area contributed by atoms with E-state index in [2.05, 4.69) is 50.8 Å². The second-order valence-electron chi connectivity index (χ2n) is 7.49. The molecule has 0 saturated carbocycles. The number of nitrogens with one attached hydrogen (secondary N) is 2. The van der Waals surface area contributed by atoms with Crippen LogP contribution in [0.25, 0.3) is 0 Å². The van der Waals surface area contributed by atoms with Crippen molar-refractivity contribution < 1.29 is 9.59 Å². The number of carbonyl (C=O) groups excluding carboxylic acids is 2. The number of rotatable bonds is 4. The minimum atomic E-state index is -0.330. The van der Waals surface area contributed by atoms with Crippen molar-refractivity contribution in [1.29, 1.82) is 0 Å². The Balaban J connectivity index is 1.56. The van der Waals surface area contributed by atoms with Gasteiger partial charge < -0.3 is 16.4 Å². The fourth-order valence-corrected chi connectivity index (χ4v) is 4.57. The van der Waals surface area contributed by atoms with Crippen molar-refractivity contribution in [2.24, 2.45) is 0 Å². The van der Waals surface area contributed by atoms with Gasteiger partial charge in [-0.15, -0.1) is 25.3 Å². The Labute approximate surface area is 220 Å². The van der Waals surface area contributed by atoms with E-state index in [0.717, 1.165) is 0 Å². The first-order valence-electron chi connectivity index (χ1n) is 10.0. The Morgan fingerprint density at radius 2 is 1.37 bits per heavy atom. The van der Waals surface area contributed by atoms with Crippen molar-refractivity contribution in [3.8, 4) is 0 Å². The predicted octanol–water partition coefficient (Wildman–Crippen LogP) is 5.60. The number of nitrogens with zero attached hydrogens (tertiary/aromatic N) is 3. The zero-order valence-electron chi connectivity index (χ0n) is 17.5. The zero-order valence-corrected chi connectivity index (χ0v) is 20.8. The first kappa shape index (κ1) is 23.4. The third-order valence-corrected chi connectivity index (χ3v) is 6.42. The van der Waals surface area contributed by atoms with Crippen LogP contribution in [0.15, 0.2) is 58.3 Å². The molecule has 174 valence electrons. The van der Waals surface area contributed by atoms with Gasteiger partial charge in [-0.3, -0.25) is 9.59 Å². The largest absolute Gasteiger partial charge is 0.397 e. The molecule has 1 aliphatic carbocycles. The van der Waals surface area contributed by atoms with Gasteiger partial charge in [0.2, 0.25) is 16.5 Å².